The second-order valence-corrected chi connectivity index (χ2v) is 7.74. The smallest absolute Gasteiger partial charge is 0.115 e. The molecular formula is C18H13NS3. The highest BCUT2D eigenvalue weighted by molar-refractivity contribution is 7.13. The van der Waals surface area contributed by atoms with Crippen LogP contribution in [0.15, 0.2) is 76.9 Å². The molecule has 0 radical (unpaired) electrons. The summed E-state index contributed by atoms with van der Waals surface area (Å²) in [4.78, 5) is 8.69. The number of thiophene rings is 3. The average molecular weight is 340 g/mol. The summed E-state index contributed by atoms with van der Waals surface area (Å²) in [6, 6.07) is 19.2. The van der Waals surface area contributed by atoms with Crippen LogP contribution in [0.3, 0.4) is 0 Å². The normalized spacial score (nSPS) is 11.6. The van der Waals surface area contributed by atoms with Crippen LogP contribution in [0, 0.1) is 0 Å². The average Bonchev–Trinajstić information content (AvgIpc) is 3.34. The summed E-state index contributed by atoms with van der Waals surface area (Å²) >= 11 is 5.38. The lowest BCUT2D eigenvalue weighted by atomic mass is 9.79. The van der Waals surface area contributed by atoms with Crippen LogP contribution in [0.25, 0.3) is 0 Å². The van der Waals surface area contributed by atoms with E-state index < -0.39 is 0 Å². The van der Waals surface area contributed by atoms with Crippen LogP contribution in [0.1, 0.15) is 20.3 Å². The van der Waals surface area contributed by atoms with Gasteiger partial charge in [-0.15, -0.1) is 34.0 Å². The van der Waals surface area contributed by atoms with Gasteiger partial charge in [-0.3, -0.25) is 4.98 Å². The van der Waals surface area contributed by atoms with Crippen molar-refractivity contribution >= 4 is 34.0 Å². The lowest BCUT2D eigenvalue weighted by Gasteiger charge is -2.31. The molecule has 0 amide bonds. The van der Waals surface area contributed by atoms with Gasteiger partial charge in [-0.05, 0) is 46.5 Å². The number of nitrogens with zero attached hydrogens (tertiary/aromatic N) is 1. The molecule has 4 heterocycles. The fourth-order valence-corrected chi connectivity index (χ4v) is 5.88. The topological polar surface area (TPSA) is 12.9 Å². The summed E-state index contributed by atoms with van der Waals surface area (Å²) in [6.45, 7) is 0. The second-order valence-electron chi connectivity index (χ2n) is 4.90. The summed E-state index contributed by atoms with van der Waals surface area (Å²) in [7, 11) is 0. The molecule has 0 saturated carbocycles. The zero-order chi connectivity index (χ0) is 14.8. The molecule has 108 valence electrons. The molecule has 4 rings (SSSR count). The SMILES string of the molecule is c1ccc(C(c2cccs2)(c2cccs2)c2cccs2)nc1. The quantitative estimate of drug-likeness (QED) is 0.468. The Morgan fingerprint density at radius 3 is 1.55 bits per heavy atom. The summed E-state index contributed by atoms with van der Waals surface area (Å²) in [5, 5.41) is 6.44. The molecule has 0 aromatic carbocycles. The van der Waals surface area contributed by atoms with Crippen molar-refractivity contribution < 1.29 is 0 Å². The minimum absolute atomic E-state index is 0.294. The van der Waals surface area contributed by atoms with E-state index in [1.165, 1.54) is 14.6 Å². The van der Waals surface area contributed by atoms with E-state index in [-0.39, 0.29) is 5.41 Å². The van der Waals surface area contributed by atoms with Gasteiger partial charge in [-0.2, -0.15) is 0 Å². The van der Waals surface area contributed by atoms with Gasteiger partial charge in [-0.1, -0.05) is 24.3 Å². The van der Waals surface area contributed by atoms with E-state index in [2.05, 4.69) is 64.7 Å². The van der Waals surface area contributed by atoms with Crippen molar-refractivity contribution in [1.29, 1.82) is 0 Å². The monoisotopic (exact) mass is 339 g/mol. The molecule has 0 spiro atoms. The number of rotatable bonds is 4. The maximum absolute atomic E-state index is 4.74. The molecule has 0 fully saturated rings. The minimum atomic E-state index is -0.294. The molecular weight excluding hydrogens is 326 g/mol. The Hall–Kier alpha value is -1.75. The second kappa shape index (κ2) is 5.80. The predicted octanol–water partition coefficient (Wildman–Crippen LogP) is 5.65. The first kappa shape index (κ1) is 13.9. The van der Waals surface area contributed by atoms with Gasteiger partial charge in [0.15, 0.2) is 0 Å². The van der Waals surface area contributed by atoms with Crippen molar-refractivity contribution in [3.63, 3.8) is 0 Å². The molecule has 4 aromatic rings. The van der Waals surface area contributed by atoms with Crippen LogP contribution in [0.5, 0.6) is 0 Å². The Kier molecular flexibility index (Phi) is 3.66. The maximum Gasteiger partial charge on any atom is 0.115 e. The minimum Gasteiger partial charge on any atom is -0.260 e. The van der Waals surface area contributed by atoms with E-state index in [0.717, 1.165) is 5.69 Å². The van der Waals surface area contributed by atoms with Crippen molar-refractivity contribution in [3.8, 4) is 0 Å². The highest BCUT2D eigenvalue weighted by Gasteiger charge is 2.42. The van der Waals surface area contributed by atoms with Gasteiger partial charge in [0.1, 0.15) is 5.41 Å². The van der Waals surface area contributed by atoms with Gasteiger partial charge >= 0.3 is 0 Å². The summed E-state index contributed by atoms with van der Waals surface area (Å²) in [6.07, 6.45) is 1.89. The largest absolute Gasteiger partial charge is 0.260 e. The molecule has 0 aliphatic carbocycles. The first-order valence-corrected chi connectivity index (χ1v) is 9.59. The maximum atomic E-state index is 4.74. The van der Waals surface area contributed by atoms with Gasteiger partial charge in [0, 0.05) is 20.8 Å². The van der Waals surface area contributed by atoms with Crippen LogP contribution < -0.4 is 0 Å². The zero-order valence-corrected chi connectivity index (χ0v) is 14.1. The number of pyridine rings is 1. The first-order chi connectivity index (χ1) is 10.9. The van der Waals surface area contributed by atoms with E-state index in [0.29, 0.717) is 0 Å². The van der Waals surface area contributed by atoms with Crippen LogP contribution in [0.4, 0.5) is 0 Å². The van der Waals surface area contributed by atoms with Crippen molar-refractivity contribution in [2.75, 3.05) is 0 Å². The van der Waals surface area contributed by atoms with Crippen molar-refractivity contribution in [2.24, 2.45) is 0 Å². The first-order valence-electron chi connectivity index (χ1n) is 6.96. The van der Waals surface area contributed by atoms with Crippen molar-refractivity contribution in [1.82, 2.24) is 4.98 Å². The Balaban J connectivity index is 2.10. The number of hydrogen-bond donors (Lipinski definition) is 0. The van der Waals surface area contributed by atoms with Gasteiger partial charge in [0.2, 0.25) is 0 Å². The Labute approximate surface area is 141 Å². The Bertz CT molecular complexity index is 732. The molecule has 4 heteroatoms. The van der Waals surface area contributed by atoms with Crippen molar-refractivity contribution in [2.45, 2.75) is 5.41 Å². The number of hydrogen-bond acceptors (Lipinski definition) is 4. The van der Waals surface area contributed by atoms with Crippen LogP contribution >= 0.6 is 34.0 Å². The molecule has 0 atom stereocenters. The summed E-state index contributed by atoms with van der Waals surface area (Å²) < 4.78 is 0. The summed E-state index contributed by atoms with van der Waals surface area (Å²) in [5.41, 5.74) is 0.792. The molecule has 22 heavy (non-hydrogen) atoms. The molecule has 0 aliphatic rings. The third-order valence-corrected chi connectivity index (χ3v) is 6.69. The van der Waals surface area contributed by atoms with E-state index in [1.54, 1.807) is 34.0 Å². The highest BCUT2D eigenvalue weighted by atomic mass is 32.1. The van der Waals surface area contributed by atoms with E-state index in [9.17, 15) is 0 Å². The molecule has 0 bridgehead atoms. The highest BCUT2D eigenvalue weighted by Crippen LogP contribution is 2.49. The third-order valence-electron chi connectivity index (χ3n) is 3.72. The lowest BCUT2D eigenvalue weighted by Crippen LogP contribution is -2.28. The molecule has 0 unspecified atom stereocenters. The Morgan fingerprint density at radius 1 is 0.636 bits per heavy atom. The third kappa shape index (κ3) is 2.07. The van der Waals surface area contributed by atoms with E-state index >= 15 is 0 Å². The Morgan fingerprint density at radius 2 is 1.18 bits per heavy atom. The van der Waals surface area contributed by atoms with Crippen LogP contribution in [-0.4, -0.2) is 4.98 Å². The lowest BCUT2D eigenvalue weighted by molar-refractivity contribution is 0.763. The van der Waals surface area contributed by atoms with Gasteiger partial charge < -0.3 is 0 Å². The molecule has 1 nitrogen and oxygen atoms in total. The summed E-state index contributed by atoms with van der Waals surface area (Å²) in [5.74, 6) is 0. The molecule has 0 aliphatic heterocycles. The standard InChI is InChI=1S/C18H13NS3/c1-2-10-19-14(6-1)18(15-7-3-11-20-15,16-8-4-12-21-16)17-9-5-13-22-17/h1-13H. The van der Waals surface area contributed by atoms with E-state index in [1.807, 2.05) is 12.3 Å². The van der Waals surface area contributed by atoms with Gasteiger partial charge in [0.05, 0.1) is 5.69 Å². The zero-order valence-electron chi connectivity index (χ0n) is 11.7. The van der Waals surface area contributed by atoms with Gasteiger partial charge in [0.25, 0.3) is 0 Å². The fourth-order valence-electron chi connectivity index (χ4n) is 2.80. The van der Waals surface area contributed by atoms with Gasteiger partial charge in [-0.25, -0.2) is 0 Å². The molecule has 0 saturated heterocycles. The van der Waals surface area contributed by atoms with E-state index in [4.69, 9.17) is 4.98 Å². The molecule has 4 aromatic heterocycles. The predicted molar refractivity (Wildman–Crippen MR) is 96.2 cm³/mol. The van der Waals surface area contributed by atoms with Crippen LogP contribution in [-0.2, 0) is 5.41 Å². The van der Waals surface area contributed by atoms with Crippen molar-refractivity contribution in [3.05, 3.63) is 97.3 Å². The van der Waals surface area contributed by atoms with Crippen LogP contribution in [0.2, 0.25) is 0 Å². The fraction of sp³-hybridized carbons (Fsp3) is 0.0556. The molecule has 0 N–H and O–H groups in total. The number of aromatic nitrogens is 1.